The summed E-state index contributed by atoms with van der Waals surface area (Å²) in [4.78, 5) is 26.2. The van der Waals surface area contributed by atoms with Gasteiger partial charge >= 0.3 is 0 Å². The second-order valence-corrected chi connectivity index (χ2v) is 8.31. The van der Waals surface area contributed by atoms with Crippen LogP contribution in [0.4, 0.5) is 5.69 Å². The molecule has 4 rings (SSSR count). The Morgan fingerprint density at radius 2 is 1.78 bits per heavy atom. The molecule has 2 heterocycles. The summed E-state index contributed by atoms with van der Waals surface area (Å²) in [5.74, 6) is 0.0113. The smallest absolute Gasteiger partial charge is 0.251 e. The third-order valence-corrected chi connectivity index (χ3v) is 6.33. The van der Waals surface area contributed by atoms with Gasteiger partial charge in [-0.2, -0.15) is 5.10 Å². The molecular formula is C26H30N4O2. The quantitative estimate of drug-likeness (QED) is 0.641. The average Bonchev–Trinajstić information content (AvgIpc) is 3.34. The van der Waals surface area contributed by atoms with Gasteiger partial charge in [0.25, 0.3) is 5.91 Å². The van der Waals surface area contributed by atoms with Crippen molar-refractivity contribution in [1.82, 2.24) is 15.1 Å². The summed E-state index contributed by atoms with van der Waals surface area (Å²) in [5.41, 5.74) is 8.42. The molecule has 166 valence electrons. The lowest BCUT2D eigenvalue weighted by atomic mass is 10.0. The Morgan fingerprint density at radius 3 is 2.44 bits per heavy atom. The highest BCUT2D eigenvalue weighted by molar-refractivity contribution is 5.95. The summed E-state index contributed by atoms with van der Waals surface area (Å²) in [7, 11) is 0. The van der Waals surface area contributed by atoms with Gasteiger partial charge in [0.2, 0.25) is 5.91 Å². The van der Waals surface area contributed by atoms with Crippen molar-refractivity contribution >= 4 is 17.5 Å². The van der Waals surface area contributed by atoms with E-state index < -0.39 is 0 Å². The topological polar surface area (TPSA) is 67.2 Å². The lowest BCUT2D eigenvalue weighted by Crippen LogP contribution is -2.25. The number of carbonyl (C=O) groups excluding carboxylic acids is 2. The number of anilines is 1. The summed E-state index contributed by atoms with van der Waals surface area (Å²) in [5, 5.41) is 7.57. The predicted octanol–water partition coefficient (Wildman–Crippen LogP) is 4.07. The molecule has 0 unspecified atom stereocenters. The van der Waals surface area contributed by atoms with Gasteiger partial charge in [0.15, 0.2) is 0 Å². The van der Waals surface area contributed by atoms with Gasteiger partial charge in [-0.05, 0) is 80.1 Å². The van der Waals surface area contributed by atoms with Crippen LogP contribution in [-0.4, -0.2) is 34.7 Å². The number of aromatic nitrogens is 2. The van der Waals surface area contributed by atoms with E-state index in [1.54, 1.807) is 6.92 Å². The van der Waals surface area contributed by atoms with Crippen LogP contribution in [0, 0.1) is 13.8 Å². The molecule has 2 amide bonds. The molecule has 0 fully saturated rings. The first-order valence-electron chi connectivity index (χ1n) is 11.2. The highest BCUT2D eigenvalue weighted by atomic mass is 16.2. The largest absolute Gasteiger partial charge is 0.352 e. The van der Waals surface area contributed by atoms with E-state index in [1.807, 2.05) is 52.9 Å². The van der Waals surface area contributed by atoms with Crippen molar-refractivity contribution in [3.8, 4) is 11.1 Å². The van der Waals surface area contributed by atoms with Crippen molar-refractivity contribution < 1.29 is 9.59 Å². The van der Waals surface area contributed by atoms with Crippen LogP contribution in [0.25, 0.3) is 11.1 Å². The summed E-state index contributed by atoms with van der Waals surface area (Å²) >= 11 is 0. The molecule has 2 aromatic carbocycles. The minimum absolute atomic E-state index is 0.0687. The maximum Gasteiger partial charge on any atom is 0.251 e. The van der Waals surface area contributed by atoms with Gasteiger partial charge in [-0.1, -0.05) is 18.2 Å². The van der Waals surface area contributed by atoms with Crippen molar-refractivity contribution in [1.29, 1.82) is 0 Å². The van der Waals surface area contributed by atoms with Crippen molar-refractivity contribution in [3.05, 3.63) is 70.5 Å². The summed E-state index contributed by atoms with van der Waals surface area (Å²) < 4.78 is 2.00. The standard InChI is InChI=1S/C26H30N4O2/c1-5-30-18(3)24(17(2)28-30)12-14-27-26(32)21-8-6-20(7-9-21)22-10-11-25-23(16-22)13-15-29(25)19(4)31/h6-11,16H,5,12-15H2,1-4H3,(H,27,32). The Labute approximate surface area is 189 Å². The molecule has 0 spiro atoms. The van der Waals surface area contributed by atoms with Crippen molar-refractivity contribution in [2.45, 2.75) is 47.1 Å². The van der Waals surface area contributed by atoms with Crippen LogP contribution in [0.2, 0.25) is 0 Å². The molecule has 0 radical (unpaired) electrons. The van der Waals surface area contributed by atoms with Crippen LogP contribution < -0.4 is 10.2 Å². The molecule has 0 saturated heterocycles. The molecule has 0 atom stereocenters. The normalized spacial score (nSPS) is 12.7. The third-order valence-electron chi connectivity index (χ3n) is 6.33. The van der Waals surface area contributed by atoms with E-state index in [-0.39, 0.29) is 11.8 Å². The van der Waals surface area contributed by atoms with Gasteiger partial charge in [0.1, 0.15) is 0 Å². The molecule has 1 N–H and O–H groups in total. The molecule has 1 aliphatic heterocycles. The van der Waals surface area contributed by atoms with E-state index in [0.29, 0.717) is 12.1 Å². The summed E-state index contributed by atoms with van der Waals surface area (Å²) in [6.45, 7) is 9.96. The Kier molecular flexibility index (Phi) is 6.12. The van der Waals surface area contributed by atoms with Gasteiger partial charge < -0.3 is 10.2 Å². The van der Waals surface area contributed by atoms with Crippen LogP contribution in [-0.2, 0) is 24.2 Å². The SMILES string of the molecule is CCn1nc(C)c(CCNC(=O)c2ccc(-c3ccc4c(c3)CCN4C(C)=O)cc2)c1C. The molecule has 0 saturated carbocycles. The molecule has 3 aromatic rings. The number of aryl methyl sites for hydroxylation is 2. The maximum absolute atomic E-state index is 12.6. The molecular weight excluding hydrogens is 400 g/mol. The van der Waals surface area contributed by atoms with E-state index in [0.717, 1.165) is 48.4 Å². The monoisotopic (exact) mass is 430 g/mol. The van der Waals surface area contributed by atoms with Gasteiger partial charge in [0, 0.05) is 43.5 Å². The number of hydrogen-bond donors (Lipinski definition) is 1. The molecule has 0 bridgehead atoms. The second kappa shape index (κ2) is 8.99. The minimum Gasteiger partial charge on any atom is -0.352 e. The lowest BCUT2D eigenvalue weighted by molar-refractivity contribution is -0.116. The minimum atomic E-state index is -0.0687. The van der Waals surface area contributed by atoms with Gasteiger partial charge in [-0.15, -0.1) is 0 Å². The predicted molar refractivity (Wildman–Crippen MR) is 127 cm³/mol. The summed E-state index contributed by atoms with van der Waals surface area (Å²) in [6, 6.07) is 13.9. The second-order valence-electron chi connectivity index (χ2n) is 8.31. The first-order valence-corrected chi connectivity index (χ1v) is 11.2. The van der Waals surface area contributed by atoms with Gasteiger partial charge in [-0.3, -0.25) is 14.3 Å². The Hall–Kier alpha value is -3.41. The van der Waals surface area contributed by atoms with Gasteiger partial charge in [-0.25, -0.2) is 0 Å². The maximum atomic E-state index is 12.6. The van der Waals surface area contributed by atoms with Crippen molar-refractivity contribution in [2.75, 3.05) is 18.0 Å². The first-order chi connectivity index (χ1) is 15.4. The van der Waals surface area contributed by atoms with Crippen LogP contribution in [0.15, 0.2) is 42.5 Å². The highest BCUT2D eigenvalue weighted by Gasteiger charge is 2.22. The number of amides is 2. The van der Waals surface area contributed by atoms with Crippen LogP contribution in [0.5, 0.6) is 0 Å². The fourth-order valence-corrected chi connectivity index (χ4v) is 4.53. The Bertz CT molecular complexity index is 1160. The molecule has 1 aromatic heterocycles. The Balaban J connectivity index is 1.39. The molecule has 32 heavy (non-hydrogen) atoms. The fraction of sp³-hybridized carbons (Fsp3) is 0.346. The Morgan fingerprint density at radius 1 is 1.06 bits per heavy atom. The molecule has 0 aliphatic carbocycles. The molecule has 6 heteroatoms. The number of nitrogens with zero attached hydrogens (tertiary/aromatic N) is 3. The van der Waals surface area contributed by atoms with E-state index >= 15 is 0 Å². The zero-order valence-electron chi connectivity index (χ0n) is 19.2. The summed E-state index contributed by atoms with van der Waals surface area (Å²) in [6.07, 6.45) is 1.65. The zero-order valence-corrected chi connectivity index (χ0v) is 19.2. The number of benzene rings is 2. The number of hydrogen-bond acceptors (Lipinski definition) is 3. The van der Waals surface area contributed by atoms with Crippen LogP contribution in [0.3, 0.4) is 0 Å². The highest BCUT2D eigenvalue weighted by Crippen LogP contribution is 2.32. The van der Waals surface area contributed by atoms with E-state index in [2.05, 4.69) is 30.3 Å². The lowest BCUT2D eigenvalue weighted by Gasteiger charge is -2.15. The van der Waals surface area contributed by atoms with Crippen LogP contribution in [0.1, 0.15) is 46.7 Å². The number of carbonyl (C=O) groups is 2. The van der Waals surface area contributed by atoms with Crippen molar-refractivity contribution in [2.24, 2.45) is 0 Å². The van der Waals surface area contributed by atoms with Gasteiger partial charge in [0.05, 0.1) is 5.69 Å². The third kappa shape index (κ3) is 4.17. The molecule has 6 nitrogen and oxygen atoms in total. The van der Waals surface area contributed by atoms with E-state index in [4.69, 9.17) is 0 Å². The number of nitrogens with one attached hydrogen (secondary N) is 1. The molecule has 1 aliphatic rings. The van der Waals surface area contributed by atoms with E-state index in [1.165, 1.54) is 16.8 Å². The number of rotatable bonds is 6. The average molecular weight is 431 g/mol. The zero-order chi connectivity index (χ0) is 22.8. The first kappa shape index (κ1) is 21.8. The van der Waals surface area contributed by atoms with E-state index in [9.17, 15) is 9.59 Å². The number of fused-ring (bicyclic) bond motifs is 1. The van der Waals surface area contributed by atoms with Crippen molar-refractivity contribution in [3.63, 3.8) is 0 Å². The fourth-order valence-electron chi connectivity index (χ4n) is 4.53. The van der Waals surface area contributed by atoms with Crippen LogP contribution >= 0.6 is 0 Å².